The Morgan fingerprint density at radius 1 is 0.955 bits per heavy atom. The van der Waals surface area contributed by atoms with E-state index in [0.717, 1.165) is 6.42 Å². The topological polar surface area (TPSA) is 95.4 Å². The van der Waals surface area contributed by atoms with Crippen molar-refractivity contribution in [1.29, 1.82) is 0 Å². The molecule has 2 aromatic rings. The first-order valence-electron chi connectivity index (χ1n) is 7.09. The van der Waals surface area contributed by atoms with Crippen molar-refractivity contribution in [2.24, 2.45) is 0 Å². The molecule has 2 aromatic carbocycles. The molecule has 0 aliphatic heterocycles. The van der Waals surface area contributed by atoms with Crippen LogP contribution in [-0.4, -0.2) is 18.2 Å². The van der Waals surface area contributed by atoms with Gasteiger partial charge in [0.15, 0.2) is 11.6 Å². The number of nitrogen functional groups attached to an aromatic ring is 2. The monoisotopic (exact) mass is 296 g/mol. The van der Waals surface area contributed by atoms with E-state index in [4.69, 9.17) is 16.2 Å². The Morgan fingerprint density at radius 3 is 2.23 bits per heavy atom. The molecule has 0 radical (unpaired) electrons. The van der Waals surface area contributed by atoms with Gasteiger partial charge in [-0.1, -0.05) is 31.2 Å². The predicted octanol–water partition coefficient (Wildman–Crippen LogP) is 2.42. The molecule has 0 bridgehead atoms. The number of carbonyl (C=O) groups is 2. The lowest BCUT2D eigenvalue weighted by Crippen LogP contribution is -2.23. The van der Waals surface area contributed by atoms with E-state index in [1.807, 2.05) is 6.92 Å². The lowest BCUT2D eigenvalue weighted by atomic mass is 9.83. The summed E-state index contributed by atoms with van der Waals surface area (Å²) in [5.74, 6) is -0.173. The molecule has 3 rings (SSSR count). The molecule has 0 saturated heterocycles. The van der Waals surface area contributed by atoms with Crippen molar-refractivity contribution in [2.75, 3.05) is 18.1 Å². The summed E-state index contributed by atoms with van der Waals surface area (Å²) in [5, 5.41) is 0. The van der Waals surface area contributed by atoms with Gasteiger partial charge < -0.3 is 16.2 Å². The molecular weight excluding hydrogens is 280 g/mol. The number of fused-ring (bicyclic) bond motifs is 2. The highest BCUT2D eigenvalue weighted by molar-refractivity contribution is 6.30. The maximum atomic E-state index is 12.6. The van der Waals surface area contributed by atoms with Crippen LogP contribution in [0.15, 0.2) is 30.3 Å². The lowest BCUT2D eigenvalue weighted by Gasteiger charge is -2.21. The van der Waals surface area contributed by atoms with Crippen LogP contribution in [0.1, 0.15) is 45.2 Å². The van der Waals surface area contributed by atoms with Crippen LogP contribution in [0, 0.1) is 0 Å². The third-order valence-electron chi connectivity index (χ3n) is 3.72. The standard InChI is InChI=1S/C17H16N2O3/c1-2-7-22-12-8-11-13(15(19)14(12)18)17(21)10-6-4-3-5-9(10)16(11)20/h3-6,8H,2,7,18-19H2,1H3. The number of rotatable bonds is 3. The Balaban J connectivity index is 2.22. The van der Waals surface area contributed by atoms with Crippen LogP contribution in [0.4, 0.5) is 11.4 Å². The first-order valence-corrected chi connectivity index (χ1v) is 7.09. The summed E-state index contributed by atoms with van der Waals surface area (Å²) in [6, 6.07) is 8.22. The Hall–Kier alpha value is -2.82. The Kier molecular flexibility index (Phi) is 3.33. The van der Waals surface area contributed by atoms with Crippen LogP contribution in [0.3, 0.4) is 0 Å². The van der Waals surface area contributed by atoms with Gasteiger partial charge in [-0.2, -0.15) is 0 Å². The molecule has 5 heteroatoms. The SMILES string of the molecule is CCCOc1cc2c(c(N)c1N)C(=O)c1ccccc1C2=O. The smallest absolute Gasteiger partial charge is 0.196 e. The van der Waals surface area contributed by atoms with Gasteiger partial charge in [0.2, 0.25) is 0 Å². The van der Waals surface area contributed by atoms with Crippen molar-refractivity contribution >= 4 is 22.9 Å². The Morgan fingerprint density at radius 2 is 1.59 bits per heavy atom. The van der Waals surface area contributed by atoms with Crippen molar-refractivity contribution in [3.8, 4) is 5.75 Å². The second-order valence-electron chi connectivity index (χ2n) is 5.18. The first kappa shape index (κ1) is 14.1. The molecule has 0 fully saturated rings. The minimum absolute atomic E-state index is 0.108. The van der Waals surface area contributed by atoms with Gasteiger partial charge in [0, 0.05) is 16.7 Å². The van der Waals surface area contributed by atoms with Crippen LogP contribution >= 0.6 is 0 Å². The van der Waals surface area contributed by atoms with E-state index in [1.165, 1.54) is 6.07 Å². The minimum Gasteiger partial charge on any atom is -0.491 e. The Labute approximate surface area is 127 Å². The van der Waals surface area contributed by atoms with Crippen molar-refractivity contribution in [3.05, 3.63) is 52.6 Å². The van der Waals surface area contributed by atoms with Crippen LogP contribution < -0.4 is 16.2 Å². The molecule has 0 unspecified atom stereocenters. The quantitative estimate of drug-likeness (QED) is 0.724. The number of ketones is 2. The van der Waals surface area contributed by atoms with Gasteiger partial charge in [-0.15, -0.1) is 0 Å². The summed E-state index contributed by atoms with van der Waals surface area (Å²) in [7, 11) is 0. The van der Waals surface area contributed by atoms with Crippen molar-refractivity contribution in [1.82, 2.24) is 0 Å². The zero-order chi connectivity index (χ0) is 15.9. The molecule has 112 valence electrons. The molecule has 22 heavy (non-hydrogen) atoms. The van der Waals surface area contributed by atoms with Crippen LogP contribution in [-0.2, 0) is 0 Å². The molecule has 5 nitrogen and oxygen atoms in total. The van der Waals surface area contributed by atoms with E-state index in [9.17, 15) is 9.59 Å². The van der Waals surface area contributed by atoms with Gasteiger partial charge in [-0.05, 0) is 12.5 Å². The van der Waals surface area contributed by atoms with Crippen molar-refractivity contribution in [3.63, 3.8) is 0 Å². The molecule has 0 spiro atoms. The average Bonchev–Trinajstić information content (AvgIpc) is 2.54. The number of hydrogen-bond donors (Lipinski definition) is 2. The van der Waals surface area contributed by atoms with Gasteiger partial charge in [0.05, 0.1) is 23.5 Å². The van der Waals surface area contributed by atoms with Crippen molar-refractivity contribution in [2.45, 2.75) is 13.3 Å². The fourth-order valence-electron chi connectivity index (χ4n) is 2.61. The summed E-state index contributed by atoms with van der Waals surface area (Å²) in [5.41, 5.74) is 13.4. The fourth-order valence-corrected chi connectivity index (χ4v) is 2.61. The van der Waals surface area contributed by atoms with Crippen LogP contribution in [0.2, 0.25) is 0 Å². The number of anilines is 2. The molecule has 0 saturated carbocycles. The molecule has 0 amide bonds. The van der Waals surface area contributed by atoms with E-state index < -0.39 is 0 Å². The number of ether oxygens (including phenoxy) is 1. The van der Waals surface area contributed by atoms with Crippen molar-refractivity contribution < 1.29 is 14.3 Å². The number of carbonyl (C=O) groups excluding carboxylic acids is 2. The fraction of sp³-hybridized carbons (Fsp3) is 0.176. The molecule has 4 N–H and O–H groups in total. The van der Waals surface area contributed by atoms with Gasteiger partial charge in [-0.25, -0.2) is 0 Å². The third-order valence-corrected chi connectivity index (χ3v) is 3.72. The highest BCUT2D eigenvalue weighted by Gasteiger charge is 2.33. The van der Waals surface area contributed by atoms with Crippen LogP contribution in [0.25, 0.3) is 0 Å². The van der Waals surface area contributed by atoms with E-state index in [1.54, 1.807) is 24.3 Å². The molecule has 0 heterocycles. The summed E-state index contributed by atoms with van der Waals surface area (Å²) < 4.78 is 5.54. The van der Waals surface area contributed by atoms with E-state index in [-0.39, 0.29) is 34.1 Å². The maximum absolute atomic E-state index is 12.6. The summed E-state index contributed by atoms with van der Waals surface area (Å²) in [6.07, 6.45) is 0.798. The van der Waals surface area contributed by atoms with E-state index >= 15 is 0 Å². The molecule has 1 aliphatic carbocycles. The second-order valence-corrected chi connectivity index (χ2v) is 5.18. The van der Waals surface area contributed by atoms with Gasteiger partial charge in [0.1, 0.15) is 5.75 Å². The van der Waals surface area contributed by atoms with Gasteiger partial charge in [-0.3, -0.25) is 9.59 Å². The lowest BCUT2D eigenvalue weighted by molar-refractivity contribution is 0.0979. The summed E-state index contributed by atoms with van der Waals surface area (Å²) in [6.45, 7) is 2.42. The summed E-state index contributed by atoms with van der Waals surface area (Å²) >= 11 is 0. The average molecular weight is 296 g/mol. The number of hydrogen-bond acceptors (Lipinski definition) is 5. The summed E-state index contributed by atoms with van der Waals surface area (Å²) in [4.78, 5) is 25.3. The zero-order valence-electron chi connectivity index (χ0n) is 12.2. The van der Waals surface area contributed by atoms with Gasteiger partial charge in [0.25, 0.3) is 0 Å². The largest absolute Gasteiger partial charge is 0.491 e. The number of nitrogens with two attached hydrogens (primary N) is 2. The second kappa shape index (κ2) is 5.18. The minimum atomic E-state index is -0.281. The Bertz CT molecular complexity index is 797. The predicted molar refractivity (Wildman–Crippen MR) is 84.4 cm³/mol. The molecule has 1 aliphatic rings. The number of benzene rings is 2. The molecular formula is C17H16N2O3. The van der Waals surface area contributed by atoms with E-state index in [0.29, 0.717) is 23.5 Å². The van der Waals surface area contributed by atoms with E-state index in [2.05, 4.69) is 0 Å². The highest BCUT2D eigenvalue weighted by Crippen LogP contribution is 2.39. The molecule has 0 aromatic heterocycles. The normalized spacial score (nSPS) is 12.8. The third kappa shape index (κ3) is 1.94. The highest BCUT2D eigenvalue weighted by atomic mass is 16.5. The zero-order valence-corrected chi connectivity index (χ0v) is 12.2. The first-order chi connectivity index (χ1) is 10.6. The van der Waals surface area contributed by atoms with Crippen LogP contribution in [0.5, 0.6) is 5.75 Å². The maximum Gasteiger partial charge on any atom is 0.196 e. The van der Waals surface area contributed by atoms with Gasteiger partial charge >= 0.3 is 0 Å². The molecule has 0 atom stereocenters.